The number of aryl methyl sites for hydroxylation is 1. The van der Waals surface area contributed by atoms with Crippen LogP contribution in [0.2, 0.25) is 0 Å². The third kappa shape index (κ3) is 2.99. The van der Waals surface area contributed by atoms with Crippen molar-refractivity contribution in [3.8, 4) is 16.3 Å². The number of hydrogen-bond donors (Lipinski definition) is 2. The molecule has 2 aromatic rings. The van der Waals surface area contributed by atoms with Gasteiger partial charge in [0, 0.05) is 0 Å². The zero-order chi connectivity index (χ0) is 14.5. The molecule has 0 aliphatic heterocycles. The molecule has 0 spiro atoms. The van der Waals surface area contributed by atoms with E-state index in [4.69, 9.17) is 15.9 Å². The molecule has 5 heteroatoms. The first kappa shape index (κ1) is 14.5. The van der Waals surface area contributed by atoms with Crippen LogP contribution in [-0.4, -0.2) is 17.4 Å². The van der Waals surface area contributed by atoms with Crippen molar-refractivity contribution in [1.29, 1.82) is 5.41 Å². The van der Waals surface area contributed by atoms with Gasteiger partial charge in [0.15, 0.2) is 0 Å². The van der Waals surface area contributed by atoms with Crippen molar-refractivity contribution in [1.82, 2.24) is 4.98 Å². The predicted octanol–water partition coefficient (Wildman–Crippen LogP) is 3.45. The molecule has 0 atom stereocenters. The Hall–Kier alpha value is -1.88. The van der Waals surface area contributed by atoms with Gasteiger partial charge in [-0.3, -0.25) is 5.41 Å². The highest BCUT2D eigenvalue weighted by Crippen LogP contribution is 2.34. The maximum absolute atomic E-state index is 7.68. The number of benzene rings is 1. The van der Waals surface area contributed by atoms with Crippen LogP contribution in [0.15, 0.2) is 24.3 Å². The van der Waals surface area contributed by atoms with Crippen LogP contribution in [0.1, 0.15) is 30.8 Å². The van der Waals surface area contributed by atoms with Gasteiger partial charge in [0.1, 0.15) is 16.6 Å². The zero-order valence-corrected chi connectivity index (χ0v) is 12.6. The van der Waals surface area contributed by atoms with Crippen LogP contribution in [0.5, 0.6) is 5.75 Å². The lowest BCUT2D eigenvalue weighted by molar-refractivity contribution is 0.341. The van der Waals surface area contributed by atoms with E-state index in [2.05, 4.69) is 11.9 Å². The molecule has 0 amide bonds. The quantitative estimate of drug-likeness (QED) is 0.632. The minimum atomic E-state index is 0.0890. The number of ether oxygens (including phenoxy) is 1. The fourth-order valence-corrected chi connectivity index (χ4v) is 3.01. The minimum Gasteiger partial charge on any atom is -0.493 e. The van der Waals surface area contributed by atoms with Gasteiger partial charge in [0.2, 0.25) is 0 Å². The molecular weight excluding hydrogens is 270 g/mol. The summed E-state index contributed by atoms with van der Waals surface area (Å²) in [7, 11) is 0. The molecule has 0 radical (unpaired) electrons. The normalized spacial score (nSPS) is 10.5. The number of nitrogens with two attached hydrogens (primary N) is 1. The molecule has 2 rings (SSSR count). The molecule has 0 fully saturated rings. The Kier molecular flexibility index (Phi) is 4.74. The number of amidine groups is 1. The highest BCUT2D eigenvalue weighted by molar-refractivity contribution is 7.17. The maximum Gasteiger partial charge on any atom is 0.135 e. The van der Waals surface area contributed by atoms with Crippen LogP contribution < -0.4 is 10.5 Å². The molecule has 0 saturated heterocycles. The lowest BCUT2D eigenvalue weighted by atomic mass is 10.2. The summed E-state index contributed by atoms with van der Waals surface area (Å²) < 4.78 is 5.64. The lowest BCUT2D eigenvalue weighted by Crippen LogP contribution is -2.11. The van der Waals surface area contributed by atoms with Gasteiger partial charge in [-0.15, -0.1) is 11.3 Å². The fraction of sp³-hybridized carbons (Fsp3) is 0.333. The van der Waals surface area contributed by atoms with Gasteiger partial charge >= 0.3 is 0 Å². The summed E-state index contributed by atoms with van der Waals surface area (Å²) in [5, 5.41) is 8.55. The third-order valence-corrected chi connectivity index (χ3v) is 4.01. The molecule has 4 nitrogen and oxygen atoms in total. The van der Waals surface area contributed by atoms with Crippen LogP contribution in [0, 0.1) is 5.41 Å². The largest absolute Gasteiger partial charge is 0.493 e. The van der Waals surface area contributed by atoms with E-state index in [9.17, 15) is 0 Å². The SMILES string of the molecule is CCCc1nc(-c2ccccc2OCC)sc1C(=N)N. The van der Waals surface area contributed by atoms with Gasteiger partial charge in [0.25, 0.3) is 0 Å². The molecule has 20 heavy (non-hydrogen) atoms. The van der Waals surface area contributed by atoms with E-state index in [1.54, 1.807) is 0 Å². The van der Waals surface area contributed by atoms with Gasteiger partial charge in [-0.1, -0.05) is 25.5 Å². The van der Waals surface area contributed by atoms with E-state index in [1.165, 1.54) is 11.3 Å². The summed E-state index contributed by atoms with van der Waals surface area (Å²) in [5.74, 6) is 0.910. The Morgan fingerprint density at radius 3 is 2.75 bits per heavy atom. The third-order valence-electron chi connectivity index (χ3n) is 2.85. The van der Waals surface area contributed by atoms with Crippen molar-refractivity contribution in [3.63, 3.8) is 0 Å². The Morgan fingerprint density at radius 2 is 2.10 bits per heavy atom. The van der Waals surface area contributed by atoms with Crippen molar-refractivity contribution in [3.05, 3.63) is 34.8 Å². The summed E-state index contributed by atoms with van der Waals surface area (Å²) in [6.45, 7) is 4.67. The number of thiazole rings is 1. The van der Waals surface area contributed by atoms with E-state index >= 15 is 0 Å². The first-order chi connectivity index (χ1) is 9.67. The molecule has 0 unspecified atom stereocenters. The average Bonchev–Trinajstić information content (AvgIpc) is 2.84. The van der Waals surface area contributed by atoms with Gasteiger partial charge in [0.05, 0.1) is 22.7 Å². The second kappa shape index (κ2) is 6.52. The van der Waals surface area contributed by atoms with Crippen LogP contribution in [-0.2, 0) is 6.42 Å². The van der Waals surface area contributed by atoms with Crippen LogP contribution in [0.4, 0.5) is 0 Å². The first-order valence-corrected chi connectivity index (χ1v) is 7.55. The van der Waals surface area contributed by atoms with Gasteiger partial charge in [-0.2, -0.15) is 0 Å². The second-order valence-electron chi connectivity index (χ2n) is 4.39. The fourth-order valence-electron chi connectivity index (χ4n) is 2.01. The van der Waals surface area contributed by atoms with Crippen molar-refractivity contribution >= 4 is 17.2 Å². The maximum atomic E-state index is 7.68. The second-order valence-corrected chi connectivity index (χ2v) is 5.39. The van der Waals surface area contributed by atoms with Crippen molar-refractivity contribution in [2.24, 2.45) is 5.73 Å². The molecule has 1 aromatic heterocycles. The molecule has 0 saturated carbocycles. The van der Waals surface area contributed by atoms with Crippen molar-refractivity contribution < 1.29 is 4.74 Å². The Balaban J connectivity index is 2.47. The molecule has 3 N–H and O–H groups in total. The van der Waals surface area contributed by atoms with E-state index < -0.39 is 0 Å². The molecule has 1 heterocycles. The number of rotatable bonds is 6. The number of nitrogen functional groups attached to an aromatic ring is 1. The minimum absolute atomic E-state index is 0.0890. The van der Waals surface area contributed by atoms with Gasteiger partial charge in [-0.05, 0) is 25.5 Å². The van der Waals surface area contributed by atoms with Crippen LogP contribution in [0.3, 0.4) is 0 Å². The summed E-state index contributed by atoms with van der Waals surface area (Å²) in [4.78, 5) is 5.42. The van der Waals surface area contributed by atoms with Crippen molar-refractivity contribution in [2.75, 3.05) is 6.61 Å². The Labute approximate surface area is 123 Å². The molecule has 0 aliphatic carbocycles. The van der Waals surface area contributed by atoms with Gasteiger partial charge < -0.3 is 10.5 Å². The smallest absolute Gasteiger partial charge is 0.135 e. The first-order valence-electron chi connectivity index (χ1n) is 6.73. The molecule has 0 aliphatic rings. The summed E-state index contributed by atoms with van der Waals surface area (Å²) in [6, 6.07) is 7.84. The number of nitrogens with one attached hydrogen (secondary N) is 1. The van der Waals surface area contributed by atoms with Crippen LogP contribution >= 0.6 is 11.3 Å². The van der Waals surface area contributed by atoms with E-state index in [0.29, 0.717) is 6.61 Å². The van der Waals surface area contributed by atoms with Gasteiger partial charge in [-0.25, -0.2) is 4.98 Å². The number of nitrogens with zero attached hydrogens (tertiary/aromatic N) is 1. The topological polar surface area (TPSA) is 72.0 Å². The highest BCUT2D eigenvalue weighted by Gasteiger charge is 2.16. The molecule has 106 valence electrons. The Morgan fingerprint density at radius 1 is 1.35 bits per heavy atom. The predicted molar refractivity (Wildman–Crippen MR) is 83.7 cm³/mol. The highest BCUT2D eigenvalue weighted by atomic mass is 32.1. The monoisotopic (exact) mass is 289 g/mol. The Bertz CT molecular complexity index is 607. The number of hydrogen-bond acceptors (Lipinski definition) is 4. The summed E-state index contributed by atoms with van der Waals surface area (Å²) in [5.41, 5.74) is 7.53. The zero-order valence-electron chi connectivity index (χ0n) is 11.8. The molecule has 1 aromatic carbocycles. The lowest BCUT2D eigenvalue weighted by Gasteiger charge is -2.07. The van der Waals surface area contributed by atoms with E-state index in [1.807, 2.05) is 31.2 Å². The summed E-state index contributed by atoms with van der Waals surface area (Å²) in [6.07, 6.45) is 1.82. The van der Waals surface area contributed by atoms with Crippen molar-refractivity contribution in [2.45, 2.75) is 26.7 Å². The standard InChI is InChI=1S/C15H19N3OS/c1-3-7-11-13(14(16)17)20-15(18-11)10-8-5-6-9-12(10)19-4-2/h5-6,8-9H,3-4,7H2,1-2H3,(H3,16,17). The number of para-hydroxylation sites is 1. The van der Waals surface area contributed by atoms with E-state index in [0.717, 1.165) is 39.7 Å². The van der Waals surface area contributed by atoms with Crippen LogP contribution in [0.25, 0.3) is 10.6 Å². The average molecular weight is 289 g/mol. The molecule has 0 bridgehead atoms. The van der Waals surface area contributed by atoms with E-state index in [-0.39, 0.29) is 5.84 Å². The summed E-state index contributed by atoms with van der Waals surface area (Å²) >= 11 is 1.46. The number of aromatic nitrogens is 1. The molecular formula is C15H19N3OS.